The summed E-state index contributed by atoms with van der Waals surface area (Å²) in [6, 6.07) is 19.4. The number of hydrogen-bond donors (Lipinski definition) is 2. The Hall–Kier alpha value is -1.76. The lowest BCUT2D eigenvalue weighted by atomic mass is 9.99. The van der Waals surface area contributed by atoms with Crippen LogP contribution in [0.15, 0.2) is 60.7 Å². The molecule has 0 radical (unpaired) electrons. The third-order valence-electron chi connectivity index (χ3n) is 4.35. The zero-order chi connectivity index (χ0) is 17.6. The van der Waals surface area contributed by atoms with Gasteiger partial charge in [-0.2, -0.15) is 0 Å². The molecule has 0 amide bonds. The standard InChI is InChI=1S/C20H24O5/c1-14-17(21)18(23-12-15-8-4-2-5-9-15)19(20(22)25-14)24-13-16-10-6-3-7-11-16/h2-11,14,17-22H,12-13H2,1H3/t14-,17-,18?,19?,20?/m0/s1. The minimum absolute atomic E-state index is 0.304. The van der Waals surface area contributed by atoms with E-state index >= 15 is 0 Å². The summed E-state index contributed by atoms with van der Waals surface area (Å²) < 4.78 is 17.1. The molecule has 0 aliphatic carbocycles. The molecule has 0 aromatic heterocycles. The molecule has 0 spiro atoms. The van der Waals surface area contributed by atoms with Crippen LogP contribution in [0.25, 0.3) is 0 Å². The van der Waals surface area contributed by atoms with Crippen LogP contribution >= 0.6 is 0 Å². The third-order valence-corrected chi connectivity index (χ3v) is 4.35. The van der Waals surface area contributed by atoms with Gasteiger partial charge in [-0.3, -0.25) is 0 Å². The zero-order valence-corrected chi connectivity index (χ0v) is 14.2. The average molecular weight is 344 g/mol. The van der Waals surface area contributed by atoms with Crippen LogP contribution in [-0.2, 0) is 27.4 Å². The van der Waals surface area contributed by atoms with Gasteiger partial charge in [-0.25, -0.2) is 0 Å². The van der Waals surface area contributed by atoms with E-state index in [4.69, 9.17) is 14.2 Å². The summed E-state index contributed by atoms with van der Waals surface area (Å²) in [5.74, 6) is 0. The van der Waals surface area contributed by atoms with E-state index in [1.807, 2.05) is 60.7 Å². The maximum Gasteiger partial charge on any atom is 0.184 e. The SMILES string of the molecule is C[C@@H]1OC(O)C(OCc2ccccc2)C(OCc2ccccc2)[C@H]1O. The predicted octanol–water partition coefficient (Wildman–Crippen LogP) is 2.26. The van der Waals surface area contributed by atoms with Crippen LogP contribution in [0, 0.1) is 0 Å². The Kier molecular flexibility index (Phi) is 6.18. The predicted molar refractivity (Wildman–Crippen MR) is 92.6 cm³/mol. The first kappa shape index (κ1) is 18.0. The van der Waals surface area contributed by atoms with Gasteiger partial charge in [-0.1, -0.05) is 60.7 Å². The van der Waals surface area contributed by atoms with Crippen molar-refractivity contribution in [1.29, 1.82) is 0 Å². The first-order chi connectivity index (χ1) is 12.1. The van der Waals surface area contributed by atoms with Crippen LogP contribution in [0.3, 0.4) is 0 Å². The van der Waals surface area contributed by atoms with Gasteiger partial charge in [0.1, 0.15) is 18.3 Å². The number of aliphatic hydroxyl groups is 2. The van der Waals surface area contributed by atoms with Crippen LogP contribution in [0.5, 0.6) is 0 Å². The summed E-state index contributed by atoms with van der Waals surface area (Å²) in [6.45, 7) is 2.34. The quantitative estimate of drug-likeness (QED) is 0.841. The van der Waals surface area contributed by atoms with Crippen molar-refractivity contribution in [3.63, 3.8) is 0 Å². The van der Waals surface area contributed by atoms with Crippen LogP contribution in [0.1, 0.15) is 18.1 Å². The highest BCUT2D eigenvalue weighted by atomic mass is 16.7. The van der Waals surface area contributed by atoms with Crippen molar-refractivity contribution in [2.75, 3.05) is 0 Å². The van der Waals surface area contributed by atoms with E-state index in [1.165, 1.54) is 0 Å². The molecule has 1 saturated heterocycles. The molecule has 1 aliphatic rings. The molecule has 5 atom stereocenters. The molecule has 134 valence electrons. The number of benzene rings is 2. The lowest BCUT2D eigenvalue weighted by Crippen LogP contribution is -2.58. The lowest BCUT2D eigenvalue weighted by Gasteiger charge is -2.41. The fourth-order valence-corrected chi connectivity index (χ4v) is 2.91. The van der Waals surface area contributed by atoms with Crippen molar-refractivity contribution in [2.45, 2.75) is 50.8 Å². The second kappa shape index (κ2) is 8.56. The maximum atomic E-state index is 10.5. The van der Waals surface area contributed by atoms with Gasteiger partial charge in [0.2, 0.25) is 0 Å². The Morgan fingerprint density at radius 1 is 0.800 bits per heavy atom. The molecule has 0 saturated carbocycles. The van der Waals surface area contributed by atoms with E-state index in [-0.39, 0.29) is 0 Å². The smallest absolute Gasteiger partial charge is 0.184 e. The van der Waals surface area contributed by atoms with E-state index in [1.54, 1.807) is 6.92 Å². The molecular weight excluding hydrogens is 320 g/mol. The Morgan fingerprint density at radius 2 is 1.28 bits per heavy atom. The molecule has 2 aromatic rings. The average Bonchev–Trinajstić information content (AvgIpc) is 2.64. The van der Waals surface area contributed by atoms with Gasteiger partial charge in [-0.05, 0) is 18.1 Å². The highest BCUT2D eigenvalue weighted by Crippen LogP contribution is 2.26. The molecule has 3 unspecified atom stereocenters. The second-order valence-electron chi connectivity index (χ2n) is 6.24. The number of ether oxygens (including phenoxy) is 3. The fourth-order valence-electron chi connectivity index (χ4n) is 2.91. The Labute approximate surface area is 147 Å². The summed E-state index contributed by atoms with van der Waals surface area (Å²) in [7, 11) is 0. The van der Waals surface area contributed by atoms with E-state index < -0.39 is 30.7 Å². The Balaban J connectivity index is 1.67. The summed E-state index contributed by atoms with van der Waals surface area (Å²) in [4.78, 5) is 0. The van der Waals surface area contributed by atoms with Gasteiger partial charge in [0.05, 0.1) is 19.3 Å². The van der Waals surface area contributed by atoms with Crippen molar-refractivity contribution < 1.29 is 24.4 Å². The first-order valence-electron chi connectivity index (χ1n) is 8.48. The molecule has 1 aliphatic heterocycles. The fraction of sp³-hybridized carbons (Fsp3) is 0.400. The molecule has 1 fully saturated rings. The number of rotatable bonds is 6. The van der Waals surface area contributed by atoms with Crippen molar-refractivity contribution in [1.82, 2.24) is 0 Å². The van der Waals surface area contributed by atoms with Gasteiger partial charge in [0.25, 0.3) is 0 Å². The summed E-state index contributed by atoms with van der Waals surface area (Å²) in [5.41, 5.74) is 1.97. The molecular formula is C20H24O5. The molecule has 5 nitrogen and oxygen atoms in total. The molecule has 0 bridgehead atoms. The Morgan fingerprint density at radius 3 is 1.80 bits per heavy atom. The van der Waals surface area contributed by atoms with Gasteiger partial charge < -0.3 is 24.4 Å². The highest BCUT2D eigenvalue weighted by Gasteiger charge is 2.44. The van der Waals surface area contributed by atoms with E-state index in [9.17, 15) is 10.2 Å². The van der Waals surface area contributed by atoms with Gasteiger partial charge in [0, 0.05) is 0 Å². The number of aliphatic hydroxyl groups excluding tert-OH is 2. The summed E-state index contributed by atoms with van der Waals surface area (Å²) >= 11 is 0. The van der Waals surface area contributed by atoms with Crippen LogP contribution in [0.2, 0.25) is 0 Å². The normalized spacial score (nSPS) is 29.5. The molecule has 2 N–H and O–H groups in total. The first-order valence-corrected chi connectivity index (χ1v) is 8.48. The number of hydrogen-bond acceptors (Lipinski definition) is 5. The zero-order valence-electron chi connectivity index (χ0n) is 14.2. The minimum atomic E-state index is -1.15. The summed E-state index contributed by atoms with van der Waals surface area (Å²) in [5, 5.41) is 20.7. The topological polar surface area (TPSA) is 68.2 Å². The van der Waals surface area contributed by atoms with E-state index in [0.29, 0.717) is 13.2 Å². The van der Waals surface area contributed by atoms with E-state index in [0.717, 1.165) is 11.1 Å². The largest absolute Gasteiger partial charge is 0.388 e. The lowest BCUT2D eigenvalue weighted by molar-refractivity contribution is -0.300. The molecule has 3 rings (SSSR count). The maximum absolute atomic E-state index is 10.5. The molecule has 2 aromatic carbocycles. The van der Waals surface area contributed by atoms with E-state index in [2.05, 4.69) is 0 Å². The van der Waals surface area contributed by atoms with Crippen molar-refractivity contribution in [3.8, 4) is 0 Å². The van der Waals surface area contributed by atoms with Gasteiger partial charge in [-0.15, -0.1) is 0 Å². The monoisotopic (exact) mass is 344 g/mol. The highest BCUT2D eigenvalue weighted by molar-refractivity contribution is 5.14. The van der Waals surface area contributed by atoms with Gasteiger partial charge >= 0.3 is 0 Å². The van der Waals surface area contributed by atoms with Crippen LogP contribution in [0.4, 0.5) is 0 Å². The van der Waals surface area contributed by atoms with Crippen molar-refractivity contribution in [2.24, 2.45) is 0 Å². The van der Waals surface area contributed by atoms with Crippen molar-refractivity contribution in [3.05, 3.63) is 71.8 Å². The molecule has 1 heterocycles. The molecule has 5 heteroatoms. The van der Waals surface area contributed by atoms with Crippen LogP contribution in [-0.4, -0.2) is 40.9 Å². The Bertz CT molecular complexity index is 633. The van der Waals surface area contributed by atoms with Gasteiger partial charge in [0.15, 0.2) is 6.29 Å². The summed E-state index contributed by atoms with van der Waals surface area (Å²) in [6.07, 6.45) is -4.01. The second-order valence-corrected chi connectivity index (χ2v) is 6.24. The molecule has 25 heavy (non-hydrogen) atoms. The minimum Gasteiger partial charge on any atom is -0.388 e. The van der Waals surface area contributed by atoms with Crippen molar-refractivity contribution >= 4 is 0 Å². The van der Waals surface area contributed by atoms with Crippen LogP contribution < -0.4 is 0 Å². The third kappa shape index (κ3) is 4.66.